The van der Waals surface area contributed by atoms with E-state index in [0.29, 0.717) is 23.2 Å². The monoisotopic (exact) mass is 263 g/mol. The molecule has 0 bridgehead atoms. The minimum Gasteiger partial charge on any atom is -0.493 e. The van der Waals surface area contributed by atoms with Gasteiger partial charge in [-0.15, -0.1) is 11.3 Å². The number of benzene rings is 1. The van der Waals surface area contributed by atoms with Gasteiger partial charge in [-0.3, -0.25) is 4.79 Å². The van der Waals surface area contributed by atoms with Crippen LogP contribution in [0.2, 0.25) is 0 Å². The van der Waals surface area contributed by atoms with Crippen molar-refractivity contribution in [3.8, 4) is 5.75 Å². The highest BCUT2D eigenvalue weighted by Gasteiger charge is 2.04. The molecule has 1 aromatic carbocycles. The van der Waals surface area contributed by atoms with Gasteiger partial charge < -0.3 is 15.8 Å². The molecule has 0 atom stereocenters. The first kappa shape index (κ1) is 12.4. The van der Waals surface area contributed by atoms with Gasteiger partial charge in [0.15, 0.2) is 5.13 Å². The smallest absolute Gasteiger partial charge is 0.229 e. The van der Waals surface area contributed by atoms with E-state index in [0.717, 1.165) is 0 Å². The Balaban J connectivity index is 1.72. The Kier molecular flexibility index (Phi) is 4.14. The number of anilines is 2. The van der Waals surface area contributed by atoms with Crippen LogP contribution < -0.4 is 15.8 Å². The van der Waals surface area contributed by atoms with Crippen molar-refractivity contribution < 1.29 is 9.53 Å². The minimum atomic E-state index is -0.111. The highest BCUT2D eigenvalue weighted by Crippen LogP contribution is 2.14. The number of hydrogen-bond acceptors (Lipinski definition) is 5. The Morgan fingerprint density at radius 1 is 1.39 bits per heavy atom. The summed E-state index contributed by atoms with van der Waals surface area (Å²) in [7, 11) is 0. The fourth-order valence-corrected chi connectivity index (χ4v) is 1.84. The lowest BCUT2D eigenvalue weighted by atomic mass is 10.3. The molecule has 2 rings (SSSR count). The standard InChI is InChI=1S/C12H13N3O2S/c13-9-1-3-10(4-2-9)17-7-5-11(16)15-12-14-6-8-18-12/h1-4,6,8H,5,7,13H2,(H,14,15,16). The van der Waals surface area contributed by atoms with Crippen LogP contribution in [0.3, 0.4) is 0 Å². The number of ether oxygens (including phenoxy) is 1. The van der Waals surface area contributed by atoms with Gasteiger partial charge in [0.1, 0.15) is 5.75 Å². The zero-order chi connectivity index (χ0) is 12.8. The van der Waals surface area contributed by atoms with Crippen molar-refractivity contribution in [2.45, 2.75) is 6.42 Å². The fraction of sp³-hybridized carbons (Fsp3) is 0.167. The van der Waals surface area contributed by atoms with Crippen molar-refractivity contribution in [3.63, 3.8) is 0 Å². The van der Waals surface area contributed by atoms with Gasteiger partial charge in [-0.25, -0.2) is 4.98 Å². The van der Waals surface area contributed by atoms with Gasteiger partial charge in [0, 0.05) is 17.3 Å². The Labute approximate surface area is 109 Å². The molecule has 0 radical (unpaired) electrons. The molecule has 0 saturated carbocycles. The molecule has 1 heterocycles. The molecule has 0 aliphatic carbocycles. The topological polar surface area (TPSA) is 77.2 Å². The van der Waals surface area contributed by atoms with E-state index in [1.807, 2.05) is 0 Å². The molecular formula is C12H13N3O2S. The fourth-order valence-electron chi connectivity index (χ4n) is 1.29. The van der Waals surface area contributed by atoms with Crippen LogP contribution in [-0.4, -0.2) is 17.5 Å². The molecule has 1 amide bonds. The largest absolute Gasteiger partial charge is 0.493 e. The highest BCUT2D eigenvalue weighted by molar-refractivity contribution is 7.13. The molecule has 5 nitrogen and oxygen atoms in total. The van der Waals surface area contributed by atoms with E-state index in [1.54, 1.807) is 35.8 Å². The van der Waals surface area contributed by atoms with Gasteiger partial charge in [-0.1, -0.05) is 0 Å². The first-order valence-electron chi connectivity index (χ1n) is 5.42. The molecular weight excluding hydrogens is 250 g/mol. The summed E-state index contributed by atoms with van der Waals surface area (Å²) in [6, 6.07) is 7.05. The molecule has 2 aromatic rings. The van der Waals surface area contributed by atoms with Crippen molar-refractivity contribution >= 4 is 28.1 Å². The number of amides is 1. The van der Waals surface area contributed by atoms with Gasteiger partial charge in [-0.05, 0) is 24.3 Å². The predicted molar refractivity (Wildman–Crippen MR) is 71.7 cm³/mol. The Bertz CT molecular complexity index is 497. The zero-order valence-electron chi connectivity index (χ0n) is 9.63. The van der Waals surface area contributed by atoms with Crippen molar-refractivity contribution in [3.05, 3.63) is 35.8 Å². The van der Waals surface area contributed by atoms with E-state index in [-0.39, 0.29) is 12.3 Å². The molecule has 1 aromatic heterocycles. The summed E-state index contributed by atoms with van der Waals surface area (Å²) >= 11 is 1.38. The quantitative estimate of drug-likeness (QED) is 0.810. The van der Waals surface area contributed by atoms with E-state index in [4.69, 9.17) is 10.5 Å². The Hall–Kier alpha value is -2.08. The third-order valence-corrected chi connectivity index (χ3v) is 2.85. The first-order chi connectivity index (χ1) is 8.74. The highest BCUT2D eigenvalue weighted by atomic mass is 32.1. The van der Waals surface area contributed by atoms with Crippen LogP contribution in [0.4, 0.5) is 10.8 Å². The lowest BCUT2D eigenvalue weighted by Gasteiger charge is -2.06. The number of hydrogen-bond donors (Lipinski definition) is 2. The van der Waals surface area contributed by atoms with Gasteiger partial charge in [-0.2, -0.15) is 0 Å². The second-order valence-electron chi connectivity index (χ2n) is 3.55. The molecule has 0 fully saturated rings. The maximum atomic E-state index is 11.5. The summed E-state index contributed by atoms with van der Waals surface area (Å²) < 4.78 is 5.42. The van der Waals surface area contributed by atoms with Crippen LogP contribution in [0.1, 0.15) is 6.42 Å². The summed E-state index contributed by atoms with van der Waals surface area (Å²) in [4.78, 5) is 15.5. The normalized spacial score (nSPS) is 10.0. The van der Waals surface area contributed by atoms with Crippen molar-refractivity contribution in [2.75, 3.05) is 17.7 Å². The lowest BCUT2D eigenvalue weighted by molar-refractivity contribution is -0.116. The summed E-state index contributed by atoms with van der Waals surface area (Å²) in [5.74, 6) is 0.589. The third kappa shape index (κ3) is 3.74. The van der Waals surface area contributed by atoms with Gasteiger partial charge in [0.2, 0.25) is 5.91 Å². The number of nitrogens with zero attached hydrogens (tertiary/aromatic N) is 1. The van der Waals surface area contributed by atoms with Crippen LogP contribution >= 0.6 is 11.3 Å². The predicted octanol–water partition coefficient (Wildman–Crippen LogP) is 2.13. The average Bonchev–Trinajstić information content (AvgIpc) is 2.84. The summed E-state index contributed by atoms with van der Waals surface area (Å²) in [6.07, 6.45) is 1.93. The number of carbonyl (C=O) groups is 1. The van der Waals surface area contributed by atoms with Gasteiger partial charge in [0.05, 0.1) is 13.0 Å². The molecule has 0 spiro atoms. The van der Waals surface area contributed by atoms with Crippen molar-refractivity contribution in [1.82, 2.24) is 4.98 Å². The van der Waals surface area contributed by atoms with Crippen LogP contribution in [0.25, 0.3) is 0 Å². The van der Waals surface area contributed by atoms with Gasteiger partial charge >= 0.3 is 0 Å². The summed E-state index contributed by atoms with van der Waals surface area (Å²) in [5, 5.41) is 5.10. The molecule has 6 heteroatoms. The zero-order valence-corrected chi connectivity index (χ0v) is 10.4. The van der Waals surface area contributed by atoms with Crippen LogP contribution in [-0.2, 0) is 4.79 Å². The molecule has 0 aliphatic rings. The van der Waals surface area contributed by atoms with E-state index < -0.39 is 0 Å². The summed E-state index contributed by atoms with van der Waals surface area (Å²) in [6.45, 7) is 0.321. The average molecular weight is 263 g/mol. The Morgan fingerprint density at radius 3 is 2.83 bits per heavy atom. The maximum absolute atomic E-state index is 11.5. The first-order valence-corrected chi connectivity index (χ1v) is 6.30. The molecule has 0 unspecified atom stereocenters. The number of nitrogen functional groups attached to an aromatic ring is 1. The Morgan fingerprint density at radius 2 is 2.17 bits per heavy atom. The third-order valence-electron chi connectivity index (χ3n) is 2.16. The number of thiazole rings is 1. The number of carbonyl (C=O) groups excluding carboxylic acids is 1. The number of nitrogens with two attached hydrogens (primary N) is 1. The minimum absolute atomic E-state index is 0.111. The van der Waals surface area contributed by atoms with Gasteiger partial charge in [0.25, 0.3) is 0 Å². The summed E-state index contributed by atoms with van der Waals surface area (Å²) in [5.41, 5.74) is 6.24. The van der Waals surface area contributed by atoms with Crippen LogP contribution in [0.5, 0.6) is 5.75 Å². The van der Waals surface area contributed by atoms with Crippen molar-refractivity contribution in [2.24, 2.45) is 0 Å². The number of aromatic nitrogens is 1. The van der Waals surface area contributed by atoms with Crippen molar-refractivity contribution in [1.29, 1.82) is 0 Å². The van der Waals surface area contributed by atoms with E-state index in [1.165, 1.54) is 11.3 Å². The maximum Gasteiger partial charge on any atom is 0.229 e. The van der Waals surface area contributed by atoms with Crippen LogP contribution in [0, 0.1) is 0 Å². The molecule has 18 heavy (non-hydrogen) atoms. The number of nitrogens with one attached hydrogen (secondary N) is 1. The lowest BCUT2D eigenvalue weighted by Crippen LogP contribution is -2.14. The number of rotatable bonds is 5. The SMILES string of the molecule is Nc1ccc(OCCC(=O)Nc2nccs2)cc1. The van der Waals surface area contributed by atoms with E-state index in [2.05, 4.69) is 10.3 Å². The van der Waals surface area contributed by atoms with E-state index in [9.17, 15) is 4.79 Å². The molecule has 3 N–H and O–H groups in total. The van der Waals surface area contributed by atoms with Crippen LogP contribution in [0.15, 0.2) is 35.8 Å². The molecule has 0 saturated heterocycles. The second kappa shape index (κ2) is 6.02. The van der Waals surface area contributed by atoms with E-state index >= 15 is 0 Å². The second-order valence-corrected chi connectivity index (χ2v) is 4.45. The molecule has 0 aliphatic heterocycles. The molecule has 94 valence electrons.